The predicted molar refractivity (Wildman–Crippen MR) is 103 cm³/mol. The number of likely N-dealkylation sites (tertiary alicyclic amines) is 1. The summed E-state index contributed by atoms with van der Waals surface area (Å²) in [5.74, 6) is 0.484. The van der Waals surface area contributed by atoms with Gasteiger partial charge in [0.2, 0.25) is 0 Å². The molecule has 2 atom stereocenters. The summed E-state index contributed by atoms with van der Waals surface area (Å²) < 4.78 is 17.9. The van der Waals surface area contributed by atoms with Crippen LogP contribution in [0.15, 0.2) is 29.8 Å². The highest BCUT2D eigenvalue weighted by Crippen LogP contribution is 2.54. The molecule has 3 aliphatic rings. The smallest absolute Gasteiger partial charge is 0.173 e. The van der Waals surface area contributed by atoms with E-state index >= 15 is 0 Å². The second-order valence-electron chi connectivity index (χ2n) is 8.01. The number of rotatable bonds is 3. The Hall–Kier alpha value is -1.36. The van der Waals surface area contributed by atoms with Crippen LogP contribution in [0.3, 0.4) is 0 Å². The molecule has 0 aromatic heterocycles. The van der Waals surface area contributed by atoms with E-state index in [0.29, 0.717) is 19.3 Å². The molecule has 0 amide bonds. The van der Waals surface area contributed by atoms with Gasteiger partial charge >= 0.3 is 0 Å². The molecule has 4 rings (SSSR count). The van der Waals surface area contributed by atoms with E-state index in [2.05, 4.69) is 50.1 Å². The summed E-state index contributed by atoms with van der Waals surface area (Å²) in [5, 5.41) is 0. The van der Waals surface area contributed by atoms with Gasteiger partial charge in [-0.1, -0.05) is 19.1 Å². The Bertz CT molecular complexity index is 707. The lowest BCUT2D eigenvalue weighted by Crippen LogP contribution is -2.54. The van der Waals surface area contributed by atoms with Crippen LogP contribution in [0, 0.1) is 0 Å². The van der Waals surface area contributed by atoms with Crippen molar-refractivity contribution in [3.63, 3.8) is 0 Å². The lowest BCUT2D eigenvalue weighted by atomic mass is 9.59. The first-order valence-electron chi connectivity index (χ1n) is 9.90. The number of hydrogen-bond acceptors (Lipinski definition) is 4. The quantitative estimate of drug-likeness (QED) is 0.772. The van der Waals surface area contributed by atoms with Crippen LogP contribution in [0.4, 0.5) is 0 Å². The van der Waals surface area contributed by atoms with Crippen molar-refractivity contribution < 1.29 is 14.2 Å². The number of likely N-dealkylation sites (N-methyl/N-ethyl adjacent to an activating group) is 1. The van der Waals surface area contributed by atoms with Gasteiger partial charge in [-0.3, -0.25) is 4.90 Å². The van der Waals surface area contributed by atoms with Crippen molar-refractivity contribution in [2.75, 3.05) is 33.9 Å². The van der Waals surface area contributed by atoms with Crippen molar-refractivity contribution in [3.8, 4) is 5.75 Å². The van der Waals surface area contributed by atoms with Crippen molar-refractivity contribution in [2.24, 2.45) is 0 Å². The zero-order valence-electron chi connectivity index (χ0n) is 16.5. The zero-order valence-corrected chi connectivity index (χ0v) is 16.5. The Labute approximate surface area is 157 Å². The topological polar surface area (TPSA) is 30.9 Å². The van der Waals surface area contributed by atoms with E-state index in [4.69, 9.17) is 14.2 Å². The third-order valence-electron chi connectivity index (χ3n) is 6.79. The lowest BCUT2D eigenvalue weighted by Gasteiger charge is -2.53. The summed E-state index contributed by atoms with van der Waals surface area (Å²) in [4.78, 5) is 2.46. The van der Waals surface area contributed by atoms with Crippen molar-refractivity contribution in [1.29, 1.82) is 0 Å². The molecule has 0 radical (unpaired) electrons. The summed E-state index contributed by atoms with van der Waals surface area (Å²) in [7, 11) is 3.98. The molecule has 0 bridgehead atoms. The van der Waals surface area contributed by atoms with Crippen molar-refractivity contribution in [1.82, 2.24) is 4.90 Å². The van der Waals surface area contributed by atoms with Gasteiger partial charge in [-0.25, -0.2) is 0 Å². The highest BCUT2D eigenvalue weighted by atomic mass is 16.7. The zero-order chi connectivity index (χ0) is 18.4. The first-order valence-corrected chi connectivity index (χ1v) is 9.90. The number of nitrogens with zero attached hydrogens (tertiary/aromatic N) is 1. The normalized spacial score (nSPS) is 30.9. The van der Waals surface area contributed by atoms with Crippen LogP contribution < -0.4 is 4.74 Å². The number of fused-ring (bicyclic) bond motifs is 1. The molecule has 4 nitrogen and oxygen atoms in total. The summed E-state index contributed by atoms with van der Waals surface area (Å²) >= 11 is 0. The second-order valence-corrected chi connectivity index (χ2v) is 8.01. The monoisotopic (exact) mass is 357 g/mol. The highest BCUT2D eigenvalue weighted by molar-refractivity contribution is 5.49. The van der Waals surface area contributed by atoms with Gasteiger partial charge < -0.3 is 14.2 Å². The molecule has 0 saturated carbocycles. The van der Waals surface area contributed by atoms with E-state index in [1.54, 1.807) is 7.11 Å². The second kappa shape index (κ2) is 6.66. The average molecular weight is 357 g/mol. The Kier molecular flexibility index (Phi) is 4.62. The minimum Gasteiger partial charge on any atom is -0.497 e. The van der Waals surface area contributed by atoms with E-state index in [-0.39, 0.29) is 5.41 Å². The number of hydrogen-bond donors (Lipinski definition) is 0. The SMILES string of the molecule is CCc1ccc(OC)cc1[C@]12CCN(C)C(C)C1=CCC1(C2)OCCO1. The number of benzene rings is 1. The van der Waals surface area contributed by atoms with E-state index in [1.807, 2.05) is 0 Å². The third kappa shape index (κ3) is 2.70. The maximum atomic E-state index is 6.16. The van der Waals surface area contributed by atoms with Crippen molar-refractivity contribution in [2.45, 2.75) is 56.8 Å². The van der Waals surface area contributed by atoms with Gasteiger partial charge in [-0.05, 0) is 62.2 Å². The molecule has 1 aromatic carbocycles. The summed E-state index contributed by atoms with van der Waals surface area (Å²) in [5.41, 5.74) is 4.31. The van der Waals surface area contributed by atoms with Crippen molar-refractivity contribution >= 4 is 0 Å². The minimum absolute atomic E-state index is 0.0333. The van der Waals surface area contributed by atoms with Gasteiger partial charge in [0.05, 0.1) is 20.3 Å². The van der Waals surface area contributed by atoms with E-state index in [1.165, 1.54) is 16.7 Å². The molecule has 1 unspecified atom stereocenters. The van der Waals surface area contributed by atoms with Crippen LogP contribution in [-0.2, 0) is 21.3 Å². The van der Waals surface area contributed by atoms with E-state index in [0.717, 1.165) is 38.0 Å². The summed E-state index contributed by atoms with van der Waals surface area (Å²) in [6.45, 7) is 7.06. The van der Waals surface area contributed by atoms with Crippen LogP contribution in [-0.4, -0.2) is 50.6 Å². The molecule has 2 aliphatic heterocycles. The fourth-order valence-electron chi connectivity index (χ4n) is 5.23. The van der Waals surface area contributed by atoms with Gasteiger partial charge in [-0.15, -0.1) is 0 Å². The fraction of sp³-hybridized carbons (Fsp3) is 0.636. The molecular weight excluding hydrogens is 326 g/mol. The summed E-state index contributed by atoms with van der Waals surface area (Å²) in [6, 6.07) is 7.01. The van der Waals surface area contributed by atoms with E-state index in [9.17, 15) is 0 Å². The van der Waals surface area contributed by atoms with Crippen LogP contribution >= 0.6 is 0 Å². The average Bonchev–Trinajstić information content (AvgIpc) is 3.11. The van der Waals surface area contributed by atoms with Crippen LogP contribution in [0.1, 0.15) is 44.2 Å². The molecule has 1 spiro atoms. The Morgan fingerprint density at radius 1 is 1.27 bits per heavy atom. The van der Waals surface area contributed by atoms with Crippen molar-refractivity contribution in [3.05, 3.63) is 41.0 Å². The van der Waals surface area contributed by atoms with Gasteiger partial charge in [0.1, 0.15) is 5.75 Å². The number of methoxy groups -OCH3 is 1. The molecule has 26 heavy (non-hydrogen) atoms. The van der Waals surface area contributed by atoms with Gasteiger partial charge in [0.15, 0.2) is 5.79 Å². The van der Waals surface area contributed by atoms with Gasteiger partial charge in [0.25, 0.3) is 0 Å². The summed E-state index contributed by atoms with van der Waals surface area (Å²) in [6.07, 6.45) is 6.29. The Morgan fingerprint density at radius 2 is 2.04 bits per heavy atom. The maximum absolute atomic E-state index is 6.16. The molecule has 1 aliphatic carbocycles. The third-order valence-corrected chi connectivity index (χ3v) is 6.79. The highest BCUT2D eigenvalue weighted by Gasteiger charge is 2.53. The first kappa shape index (κ1) is 18.0. The van der Waals surface area contributed by atoms with Crippen LogP contribution in [0.5, 0.6) is 5.75 Å². The van der Waals surface area contributed by atoms with Crippen LogP contribution in [0.25, 0.3) is 0 Å². The molecular formula is C22H31NO3. The largest absolute Gasteiger partial charge is 0.497 e. The maximum Gasteiger partial charge on any atom is 0.173 e. The number of ether oxygens (including phenoxy) is 3. The van der Waals surface area contributed by atoms with Crippen LogP contribution in [0.2, 0.25) is 0 Å². The molecule has 4 heteroatoms. The first-order chi connectivity index (χ1) is 12.5. The minimum atomic E-state index is -0.451. The van der Waals surface area contributed by atoms with Gasteiger partial charge in [0, 0.05) is 24.3 Å². The standard InChI is InChI=1S/C22H31NO3/c1-5-17-6-7-18(24-4)14-20(17)21-10-11-23(3)16(2)19(21)8-9-22(15-21)25-12-13-26-22/h6-8,14,16H,5,9-13,15H2,1-4H3/t16?,21-/m0/s1. The predicted octanol–water partition coefficient (Wildman–Crippen LogP) is 3.68. The van der Waals surface area contributed by atoms with Gasteiger partial charge in [-0.2, -0.15) is 0 Å². The Balaban J connectivity index is 1.89. The number of piperidine rings is 1. The fourth-order valence-corrected chi connectivity index (χ4v) is 5.23. The number of aryl methyl sites for hydroxylation is 1. The Morgan fingerprint density at radius 3 is 2.73 bits per heavy atom. The molecule has 2 fully saturated rings. The van der Waals surface area contributed by atoms with E-state index < -0.39 is 5.79 Å². The lowest BCUT2D eigenvalue weighted by molar-refractivity contribution is -0.175. The molecule has 142 valence electrons. The molecule has 1 aromatic rings. The molecule has 0 N–H and O–H groups in total. The molecule has 2 saturated heterocycles. The molecule has 2 heterocycles.